The number of hydrogen-bond donors (Lipinski definition) is 1. The fourth-order valence-corrected chi connectivity index (χ4v) is 1.64. The van der Waals surface area contributed by atoms with Crippen LogP contribution in [0.3, 0.4) is 0 Å². The van der Waals surface area contributed by atoms with E-state index in [1.165, 1.54) is 6.08 Å². The van der Waals surface area contributed by atoms with Gasteiger partial charge in [0, 0.05) is 6.08 Å². The molecular formula is C17H15NO3. The summed E-state index contributed by atoms with van der Waals surface area (Å²) < 4.78 is 0. The van der Waals surface area contributed by atoms with E-state index in [4.69, 9.17) is 9.94 Å². The fraction of sp³-hybridized carbons (Fsp3) is 0.0588. The maximum absolute atomic E-state index is 10.4. The van der Waals surface area contributed by atoms with Crippen LogP contribution in [-0.2, 0) is 16.2 Å². The van der Waals surface area contributed by atoms with Gasteiger partial charge in [-0.05, 0) is 22.8 Å². The number of aliphatic carboxylic acids is 1. The second-order valence-electron chi connectivity index (χ2n) is 4.33. The highest BCUT2D eigenvalue weighted by atomic mass is 16.6. The summed E-state index contributed by atoms with van der Waals surface area (Å²) in [6.07, 6.45) is 4.26. The van der Waals surface area contributed by atoms with Gasteiger partial charge in [0.25, 0.3) is 0 Å². The van der Waals surface area contributed by atoms with Crippen LogP contribution >= 0.6 is 0 Å². The first-order chi connectivity index (χ1) is 10.2. The molecule has 1 N–H and O–H groups in total. The second kappa shape index (κ2) is 7.65. The molecule has 0 spiro atoms. The summed E-state index contributed by atoms with van der Waals surface area (Å²) in [5, 5.41) is 12.4. The highest BCUT2D eigenvalue weighted by molar-refractivity contribution is 5.85. The van der Waals surface area contributed by atoms with Crippen molar-refractivity contribution in [3.63, 3.8) is 0 Å². The number of rotatable bonds is 6. The Bertz CT molecular complexity index is 631. The number of oxime groups is 1. The Balaban J connectivity index is 1.85. The molecule has 0 saturated heterocycles. The highest BCUT2D eigenvalue weighted by Gasteiger charge is 1.92. The first-order valence-electron chi connectivity index (χ1n) is 6.44. The van der Waals surface area contributed by atoms with Crippen molar-refractivity contribution in [1.82, 2.24) is 0 Å². The Hall–Kier alpha value is -2.88. The molecule has 2 rings (SSSR count). The topological polar surface area (TPSA) is 58.9 Å². The van der Waals surface area contributed by atoms with Gasteiger partial charge in [-0.3, -0.25) is 0 Å². The zero-order valence-corrected chi connectivity index (χ0v) is 11.3. The lowest BCUT2D eigenvalue weighted by molar-refractivity contribution is -0.131. The van der Waals surface area contributed by atoms with Crippen LogP contribution in [-0.4, -0.2) is 17.3 Å². The van der Waals surface area contributed by atoms with Crippen LogP contribution in [0, 0.1) is 0 Å². The Morgan fingerprint density at radius 3 is 2.38 bits per heavy atom. The maximum Gasteiger partial charge on any atom is 0.328 e. The van der Waals surface area contributed by atoms with Gasteiger partial charge in [-0.25, -0.2) is 4.79 Å². The van der Waals surface area contributed by atoms with Gasteiger partial charge in [0.15, 0.2) is 0 Å². The van der Waals surface area contributed by atoms with E-state index in [9.17, 15) is 4.79 Å². The summed E-state index contributed by atoms with van der Waals surface area (Å²) in [7, 11) is 0. The Morgan fingerprint density at radius 1 is 1.05 bits per heavy atom. The van der Waals surface area contributed by atoms with Gasteiger partial charge in [0.1, 0.15) is 6.61 Å². The van der Waals surface area contributed by atoms with Crippen molar-refractivity contribution in [1.29, 1.82) is 0 Å². The van der Waals surface area contributed by atoms with Crippen LogP contribution in [0.1, 0.15) is 16.7 Å². The summed E-state index contributed by atoms with van der Waals surface area (Å²) in [5.74, 6) is -0.963. The molecule has 0 unspecified atom stereocenters. The van der Waals surface area contributed by atoms with E-state index in [-0.39, 0.29) is 0 Å². The highest BCUT2D eigenvalue weighted by Crippen LogP contribution is 2.05. The van der Waals surface area contributed by atoms with Gasteiger partial charge in [0.2, 0.25) is 0 Å². The zero-order valence-electron chi connectivity index (χ0n) is 11.3. The molecule has 0 heterocycles. The Kier molecular flexibility index (Phi) is 5.29. The first-order valence-corrected chi connectivity index (χ1v) is 6.44. The average Bonchev–Trinajstić information content (AvgIpc) is 2.52. The molecule has 0 amide bonds. The largest absolute Gasteiger partial charge is 0.478 e. The monoisotopic (exact) mass is 281 g/mol. The van der Waals surface area contributed by atoms with Crippen LogP contribution < -0.4 is 0 Å². The minimum absolute atomic E-state index is 0.427. The molecule has 0 aliphatic rings. The van der Waals surface area contributed by atoms with E-state index in [1.54, 1.807) is 6.21 Å². The third kappa shape index (κ3) is 5.32. The summed E-state index contributed by atoms with van der Waals surface area (Å²) >= 11 is 0. The maximum atomic E-state index is 10.4. The standard InChI is InChI=1S/C17H15NO3/c19-17(20)11-10-14-6-8-15(9-7-14)12-18-21-13-16-4-2-1-3-5-16/h1-12H,13H2,(H,19,20). The minimum Gasteiger partial charge on any atom is -0.478 e. The van der Waals surface area contributed by atoms with E-state index in [2.05, 4.69) is 5.16 Å². The number of nitrogens with zero attached hydrogens (tertiary/aromatic N) is 1. The van der Waals surface area contributed by atoms with Crippen molar-refractivity contribution in [3.8, 4) is 0 Å². The van der Waals surface area contributed by atoms with Crippen molar-refractivity contribution in [3.05, 3.63) is 77.4 Å². The lowest BCUT2D eigenvalue weighted by atomic mass is 10.1. The molecular weight excluding hydrogens is 266 g/mol. The molecule has 0 fully saturated rings. The van der Waals surface area contributed by atoms with Crippen molar-refractivity contribution in [2.24, 2.45) is 5.16 Å². The normalized spacial score (nSPS) is 11.0. The average molecular weight is 281 g/mol. The molecule has 2 aromatic rings. The summed E-state index contributed by atoms with van der Waals surface area (Å²) in [6, 6.07) is 17.1. The van der Waals surface area contributed by atoms with E-state index >= 15 is 0 Å². The Morgan fingerprint density at radius 2 is 1.71 bits per heavy atom. The molecule has 0 saturated carbocycles. The predicted molar refractivity (Wildman–Crippen MR) is 81.9 cm³/mol. The SMILES string of the molecule is O=C(O)C=Cc1ccc(C=NOCc2ccccc2)cc1. The van der Waals surface area contributed by atoms with E-state index in [0.717, 1.165) is 22.8 Å². The number of carboxylic acid groups (broad SMARTS) is 1. The van der Waals surface area contributed by atoms with E-state index < -0.39 is 5.97 Å². The quantitative estimate of drug-likeness (QED) is 0.502. The minimum atomic E-state index is -0.963. The summed E-state index contributed by atoms with van der Waals surface area (Å²) in [4.78, 5) is 15.6. The van der Waals surface area contributed by atoms with Crippen molar-refractivity contribution < 1.29 is 14.7 Å². The summed E-state index contributed by atoms with van der Waals surface area (Å²) in [6.45, 7) is 0.427. The fourth-order valence-electron chi connectivity index (χ4n) is 1.64. The van der Waals surface area contributed by atoms with Gasteiger partial charge in [0.05, 0.1) is 6.21 Å². The molecule has 0 atom stereocenters. The molecule has 0 aromatic heterocycles. The van der Waals surface area contributed by atoms with Gasteiger partial charge < -0.3 is 9.94 Å². The number of carboxylic acids is 1. The third-order valence-corrected chi connectivity index (χ3v) is 2.71. The van der Waals surface area contributed by atoms with Gasteiger partial charge in [-0.1, -0.05) is 59.8 Å². The molecule has 0 bridgehead atoms. The summed E-state index contributed by atoms with van der Waals surface area (Å²) in [5.41, 5.74) is 2.76. The number of carbonyl (C=O) groups is 1. The molecule has 106 valence electrons. The smallest absolute Gasteiger partial charge is 0.328 e. The van der Waals surface area contributed by atoms with Gasteiger partial charge in [-0.2, -0.15) is 0 Å². The molecule has 0 aliphatic carbocycles. The molecule has 4 nitrogen and oxygen atoms in total. The molecule has 2 aromatic carbocycles. The molecule has 21 heavy (non-hydrogen) atoms. The molecule has 0 aliphatic heterocycles. The van der Waals surface area contributed by atoms with Crippen molar-refractivity contribution in [2.75, 3.05) is 0 Å². The third-order valence-electron chi connectivity index (χ3n) is 2.71. The Labute approximate surface area is 123 Å². The van der Waals surface area contributed by atoms with Crippen molar-refractivity contribution in [2.45, 2.75) is 6.61 Å². The molecule has 4 heteroatoms. The predicted octanol–water partition coefficient (Wildman–Crippen LogP) is 3.34. The van der Waals surface area contributed by atoms with Crippen molar-refractivity contribution >= 4 is 18.3 Å². The van der Waals surface area contributed by atoms with E-state index in [0.29, 0.717) is 6.61 Å². The molecule has 0 radical (unpaired) electrons. The zero-order chi connectivity index (χ0) is 14.9. The van der Waals surface area contributed by atoms with E-state index in [1.807, 2.05) is 54.6 Å². The second-order valence-corrected chi connectivity index (χ2v) is 4.33. The lowest BCUT2D eigenvalue weighted by Crippen LogP contribution is -1.88. The van der Waals surface area contributed by atoms with Gasteiger partial charge >= 0.3 is 5.97 Å². The van der Waals surface area contributed by atoms with Crippen LogP contribution in [0.15, 0.2) is 65.8 Å². The lowest BCUT2D eigenvalue weighted by Gasteiger charge is -1.99. The van der Waals surface area contributed by atoms with Crippen LogP contribution in [0.5, 0.6) is 0 Å². The van der Waals surface area contributed by atoms with Crippen LogP contribution in [0.4, 0.5) is 0 Å². The number of benzene rings is 2. The van der Waals surface area contributed by atoms with Crippen LogP contribution in [0.2, 0.25) is 0 Å². The van der Waals surface area contributed by atoms with Gasteiger partial charge in [-0.15, -0.1) is 0 Å². The first kappa shape index (κ1) is 14.5. The number of hydrogen-bond acceptors (Lipinski definition) is 3. The van der Waals surface area contributed by atoms with Crippen LogP contribution in [0.25, 0.3) is 6.08 Å².